The van der Waals surface area contributed by atoms with Gasteiger partial charge in [-0.1, -0.05) is 0 Å². The second kappa shape index (κ2) is 7.15. The fourth-order valence-corrected chi connectivity index (χ4v) is 3.20. The first-order valence-corrected chi connectivity index (χ1v) is 8.05. The van der Waals surface area contributed by atoms with Gasteiger partial charge in [0, 0.05) is 37.7 Å². The van der Waals surface area contributed by atoms with E-state index in [1.54, 1.807) is 11.3 Å². The van der Waals surface area contributed by atoms with E-state index in [0.717, 1.165) is 30.3 Å². The SMILES string of the molecule is CCO[C@H](C)c1nc(CC(=O)N2CCNC[C@@H]2C)cs1. The third kappa shape index (κ3) is 3.77. The summed E-state index contributed by atoms with van der Waals surface area (Å²) in [6, 6.07) is 0.261. The van der Waals surface area contributed by atoms with Crippen LogP contribution < -0.4 is 5.32 Å². The summed E-state index contributed by atoms with van der Waals surface area (Å²) in [4.78, 5) is 18.8. The summed E-state index contributed by atoms with van der Waals surface area (Å²) in [5.74, 6) is 0.167. The summed E-state index contributed by atoms with van der Waals surface area (Å²) in [5, 5.41) is 6.21. The molecule has 1 amide bonds. The van der Waals surface area contributed by atoms with E-state index >= 15 is 0 Å². The van der Waals surface area contributed by atoms with Crippen LogP contribution in [0.15, 0.2) is 5.38 Å². The van der Waals surface area contributed by atoms with Crippen LogP contribution in [0.3, 0.4) is 0 Å². The van der Waals surface area contributed by atoms with Crippen LogP contribution >= 0.6 is 11.3 Å². The molecule has 1 saturated heterocycles. The number of ether oxygens (including phenoxy) is 1. The van der Waals surface area contributed by atoms with Gasteiger partial charge < -0.3 is 15.0 Å². The Morgan fingerprint density at radius 2 is 2.50 bits per heavy atom. The van der Waals surface area contributed by atoms with Gasteiger partial charge in [-0.25, -0.2) is 4.98 Å². The van der Waals surface area contributed by atoms with Crippen LogP contribution in [0.1, 0.15) is 37.6 Å². The average molecular weight is 297 g/mol. The first-order chi connectivity index (χ1) is 9.61. The number of hydrogen-bond donors (Lipinski definition) is 1. The first-order valence-electron chi connectivity index (χ1n) is 7.18. The molecule has 1 aromatic rings. The molecule has 1 fully saturated rings. The van der Waals surface area contributed by atoms with Crippen LogP contribution in [0, 0.1) is 0 Å². The number of nitrogens with zero attached hydrogens (tertiary/aromatic N) is 2. The standard InChI is InChI=1S/C14H23N3O2S/c1-4-19-11(3)14-16-12(9-20-14)7-13(18)17-6-5-15-8-10(17)2/h9-11,15H,4-8H2,1-3H3/t10-,11+/m0/s1. The number of carbonyl (C=O) groups excluding carboxylic acids is 1. The Kier molecular flexibility index (Phi) is 5.51. The van der Waals surface area contributed by atoms with E-state index in [-0.39, 0.29) is 18.1 Å². The van der Waals surface area contributed by atoms with Crippen LogP contribution in [-0.2, 0) is 16.0 Å². The molecular weight excluding hydrogens is 274 g/mol. The van der Waals surface area contributed by atoms with E-state index in [1.807, 2.05) is 24.1 Å². The molecule has 1 aliphatic rings. The van der Waals surface area contributed by atoms with Gasteiger partial charge in [0.25, 0.3) is 0 Å². The van der Waals surface area contributed by atoms with Crippen molar-refractivity contribution in [2.24, 2.45) is 0 Å². The molecular formula is C14H23N3O2S. The lowest BCUT2D eigenvalue weighted by Crippen LogP contribution is -2.52. The summed E-state index contributed by atoms with van der Waals surface area (Å²) in [6.07, 6.45) is 0.395. The summed E-state index contributed by atoms with van der Waals surface area (Å²) in [5.41, 5.74) is 0.854. The molecule has 6 heteroatoms. The minimum Gasteiger partial charge on any atom is -0.372 e. The van der Waals surface area contributed by atoms with Crippen LogP contribution in [0.25, 0.3) is 0 Å². The lowest BCUT2D eigenvalue weighted by molar-refractivity contribution is -0.133. The molecule has 1 aromatic heterocycles. The van der Waals surface area contributed by atoms with Crippen molar-refractivity contribution in [3.05, 3.63) is 16.1 Å². The predicted molar refractivity (Wildman–Crippen MR) is 79.9 cm³/mol. The van der Waals surface area contributed by atoms with Gasteiger partial charge in [0.15, 0.2) is 0 Å². The Hall–Kier alpha value is -0.980. The molecule has 0 radical (unpaired) electrons. The predicted octanol–water partition coefficient (Wildman–Crippen LogP) is 1.60. The van der Waals surface area contributed by atoms with Crippen LogP contribution in [0.5, 0.6) is 0 Å². The topological polar surface area (TPSA) is 54.5 Å². The minimum absolute atomic E-state index is 0.00645. The Bertz CT molecular complexity index is 449. The molecule has 5 nitrogen and oxygen atoms in total. The molecule has 1 aliphatic heterocycles. The van der Waals surface area contributed by atoms with Crippen LogP contribution in [0.2, 0.25) is 0 Å². The van der Waals surface area contributed by atoms with Gasteiger partial charge in [-0.2, -0.15) is 0 Å². The monoisotopic (exact) mass is 297 g/mol. The van der Waals surface area contributed by atoms with Crippen LogP contribution in [-0.4, -0.2) is 48.1 Å². The molecule has 20 heavy (non-hydrogen) atoms. The molecule has 0 aromatic carbocycles. The number of rotatable bonds is 5. The smallest absolute Gasteiger partial charge is 0.228 e. The van der Waals surface area contributed by atoms with E-state index in [9.17, 15) is 4.79 Å². The summed E-state index contributed by atoms with van der Waals surface area (Å²) in [6.45, 7) is 9.25. The van der Waals surface area contributed by atoms with Crippen molar-refractivity contribution >= 4 is 17.2 Å². The fourth-order valence-electron chi connectivity index (χ4n) is 2.38. The fraction of sp³-hybridized carbons (Fsp3) is 0.714. The van der Waals surface area contributed by atoms with Crippen molar-refractivity contribution in [3.8, 4) is 0 Å². The highest BCUT2D eigenvalue weighted by molar-refractivity contribution is 7.09. The number of nitrogens with one attached hydrogen (secondary N) is 1. The van der Waals surface area contributed by atoms with Gasteiger partial charge in [-0.05, 0) is 20.8 Å². The van der Waals surface area contributed by atoms with Gasteiger partial charge in [0.2, 0.25) is 5.91 Å². The third-order valence-electron chi connectivity index (χ3n) is 3.49. The summed E-state index contributed by atoms with van der Waals surface area (Å²) >= 11 is 1.57. The highest BCUT2D eigenvalue weighted by Gasteiger charge is 2.23. The maximum atomic E-state index is 12.3. The third-order valence-corrected chi connectivity index (χ3v) is 4.54. The molecule has 0 spiro atoms. The van der Waals surface area contributed by atoms with Gasteiger partial charge >= 0.3 is 0 Å². The molecule has 1 N–H and O–H groups in total. The van der Waals surface area contributed by atoms with Gasteiger partial charge in [-0.15, -0.1) is 11.3 Å². The molecule has 2 heterocycles. The molecule has 112 valence electrons. The second-order valence-electron chi connectivity index (χ2n) is 5.09. The Morgan fingerprint density at radius 3 is 3.20 bits per heavy atom. The number of aromatic nitrogens is 1. The largest absolute Gasteiger partial charge is 0.372 e. The minimum atomic E-state index is 0.00645. The van der Waals surface area contributed by atoms with Crippen molar-refractivity contribution in [2.75, 3.05) is 26.2 Å². The molecule has 0 unspecified atom stereocenters. The van der Waals surface area contributed by atoms with Crippen molar-refractivity contribution in [1.29, 1.82) is 0 Å². The zero-order valence-corrected chi connectivity index (χ0v) is 13.2. The Balaban J connectivity index is 1.94. The zero-order chi connectivity index (χ0) is 14.5. The molecule has 2 atom stereocenters. The molecule has 0 aliphatic carbocycles. The van der Waals surface area contributed by atoms with E-state index in [0.29, 0.717) is 13.0 Å². The van der Waals surface area contributed by atoms with Crippen molar-refractivity contribution in [1.82, 2.24) is 15.2 Å². The first kappa shape index (κ1) is 15.4. The van der Waals surface area contributed by atoms with E-state index in [4.69, 9.17) is 4.74 Å². The van der Waals surface area contributed by atoms with Crippen molar-refractivity contribution in [2.45, 2.75) is 39.3 Å². The van der Waals surface area contributed by atoms with Gasteiger partial charge in [0.05, 0.1) is 12.1 Å². The van der Waals surface area contributed by atoms with E-state index in [2.05, 4.69) is 17.2 Å². The maximum Gasteiger partial charge on any atom is 0.228 e. The number of carbonyl (C=O) groups is 1. The van der Waals surface area contributed by atoms with E-state index < -0.39 is 0 Å². The quantitative estimate of drug-likeness (QED) is 0.897. The van der Waals surface area contributed by atoms with Crippen molar-refractivity contribution in [3.63, 3.8) is 0 Å². The second-order valence-corrected chi connectivity index (χ2v) is 5.98. The normalized spacial score (nSPS) is 20.9. The highest BCUT2D eigenvalue weighted by atomic mass is 32.1. The Labute approximate surface area is 124 Å². The highest BCUT2D eigenvalue weighted by Crippen LogP contribution is 2.21. The molecule has 2 rings (SSSR count). The van der Waals surface area contributed by atoms with Gasteiger partial charge in [-0.3, -0.25) is 4.79 Å². The number of hydrogen-bond acceptors (Lipinski definition) is 5. The lowest BCUT2D eigenvalue weighted by atomic mass is 10.2. The number of thiazole rings is 1. The van der Waals surface area contributed by atoms with E-state index in [1.165, 1.54) is 0 Å². The Morgan fingerprint density at radius 1 is 1.70 bits per heavy atom. The lowest BCUT2D eigenvalue weighted by Gasteiger charge is -2.33. The van der Waals surface area contributed by atoms with Gasteiger partial charge in [0.1, 0.15) is 11.1 Å². The number of amides is 1. The number of piperazine rings is 1. The maximum absolute atomic E-state index is 12.3. The molecule has 0 saturated carbocycles. The zero-order valence-electron chi connectivity index (χ0n) is 12.4. The average Bonchev–Trinajstić information content (AvgIpc) is 2.88. The van der Waals surface area contributed by atoms with Crippen LogP contribution in [0.4, 0.5) is 0 Å². The summed E-state index contributed by atoms with van der Waals surface area (Å²) in [7, 11) is 0. The molecule has 0 bridgehead atoms. The van der Waals surface area contributed by atoms with Crippen molar-refractivity contribution < 1.29 is 9.53 Å². The summed E-state index contributed by atoms with van der Waals surface area (Å²) < 4.78 is 5.52.